The van der Waals surface area contributed by atoms with Gasteiger partial charge in [-0.25, -0.2) is 0 Å². The average Bonchev–Trinajstić information content (AvgIpc) is 2.05. The second-order valence-electron chi connectivity index (χ2n) is 3.15. The van der Waals surface area contributed by atoms with Gasteiger partial charge in [0.1, 0.15) is 0 Å². The molecule has 60 valence electrons. The molecule has 3 heteroatoms. The Kier molecular flexibility index (Phi) is 3.38. The molecule has 0 saturated carbocycles. The van der Waals surface area contributed by atoms with E-state index in [4.69, 9.17) is 0 Å². The fraction of sp³-hybridized carbons (Fsp3) is 1.00. The van der Waals surface area contributed by atoms with Crippen molar-refractivity contribution in [3.63, 3.8) is 0 Å². The van der Waals surface area contributed by atoms with Gasteiger partial charge in [0.25, 0.3) is 0 Å². The summed E-state index contributed by atoms with van der Waals surface area (Å²) in [6.45, 7) is 5.77. The van der Waals surface area contributed by atoms with E-state index >= 15 is 0 Å². The van der Waals surface area contributed by atoms with E-state index in [1.807, 2.05) is 0 Å². The zero-order valence-electron chi connectivity index (χ0n) is 6.98. The van der Waals surface area contributed by atoms with Crippen LogP contribution in [-0.4, -0.2) is 35.9 Å². The van der Waals surface area contributed by atoms with Crippen LogP contribution in [0.1, 0.15) is 13.3 Å². The van der Waals surface area contributed by atoms with Gasteiger partial charge < -0.3 is 10.6 Å². The Balaban J connectivity index is 2.24. The standard InChI is InChI=1S/C7H18N2Si/c1-2-7(10)6-5-8-3-4-9-6/h6-9H,2-5H2,1,10H3. The Morgan fingerprint density at radius 1 is 1.60 bits per heavy atom. The van der Waals surface area contributed by atoms with Crippen LogP contribution in [0.4, 0.5) is 0 Å². The van der Waals surface area contributed by atoms with Gasteiger partial charge in [0.05, 0.1) is 0 Å². The summed E-state index contributed by atoms with van der Waals surface area (Å²) < 4.78 is 0. The van der Waals surface area contributed by atoms with Crippen LogP contribution >= 0.6 is 0 Å². The van der Waals surface area contributed by atoms with E-state index in [0.29, 0.717) is 0 Å². The quantitative estimate of drug-likeness (QED) is 0.510. The smallest absolute Gasteiger partial charge is 0.0189 e. The van der Waals surface area contributed by atoms with Crippen LogP contribution < -0.4 is 10.6 Å². The lowest BCUT2D eigenvalue weighted by atomic mass is 10.1. The lowest BCUT2D eigenvalue weighted by Gasteiger charge is -2.28. The molecule has 2 N–H and O–H groups in total. The monoisotopic (exact) mass is 158 g/mol. The molecule has 0 radical (unpaired) electrons. The van der Waals surface area contributed by atoms with Crippen molar-refractivity contribution in [3.05, 3.63) is 0 Å². The van der Waals surface area contributed by atoms with Crippen molar-refractivity contribution in [3.8, 4) is 0 Å². The van der Waals surface area contributed by atoms with Crippen molar-refractivity contribution in [1.29, 1.82) is 0 Å². The minimum atomic E-state index is 0.769. The molecule has 1 heterocycles. The zero-order valence-corrected chi connectivity index (χ0v) is 8.98. The summed E-state index contributed by atoms with van der Waals surface area (Å²) in [5.74, 6) is 0. The van der Waals surface area contributed by atoms with E-state index in [0.717, 1.165) is 24.7 Å². The van der Waals surface area contributed by atoms with Gasteiger partial charge in [0, 0.05) is 35.9 Å². The third-order valence-electron chi connectivity index (χ3n) is 2.40. The van der Waals surface area contributed by atoms with Gasteiger partial charge in [-0.2, -0.15) is 0 Å². The van der Waals surface area contributed by atoms with Crippen molar-refractivity contribution >= 4 is 10.2 Å². The molecule has 2 nitrogen and oxygen atoms in total. The van der Waals surface area contributed by atoms with Crippen molar-refractivity contribution in [1.82, 2.24) is 10.6 Å². The molecule has 0 bridgehead atoms. The van der Waals surface area contributed by atoms with Gasteiger partial charge in [-0.15, -0.1) is 0 Å². The van der Waals surface area contributed by atoms with Gasteiger partial charge in [0.2, 0.25) is 0 Å². The molecule has 0 aromatic heterocycles. The summed E-state index contributed by atoms with van der Waals surface area (Å²) >= 11 is 0. The second-order valence-corrected chi connectivity index (χ2v) is 4.63. The SMILES string of the molecule is CCC([SiH3])C1CNCCN1. The molecule has 0 aliphatic carbocycles. The maximum Gasteiger partial charge on any atom is 0.0189 e. The summed E-state index contributed by atoms with van der Waals surface area (Å²) in [5, 5.41) is 6.95. The average molecular weight is 158 g/mol. The topological polar surface area (TPSA) is 24.1 Å². The molecule has 0 aromatic carbocycles. The molecule has 2 unspecified atom stereocenters. The first-order valence-electron chi connectivity index (χ1n) is 4.28. The minimum Gasteiger partial charge on any atom is -0.314 e. The molecule has 0 aromatic rings. The highest BCUT2D eigenvalue weighted by atomic mass is 28.1. The second kappa shape index (κ2) is 4.11. The summed E-state index contributed by atoms with van der Waals surface area (Å²) in [6, 6.07) is 0.769. The highest BCUT2D eigenvalue weighted by Crippen LogP contribution is 2.10. The molecule has 0 amide bonds. The van der Waals surface area contributed by atoms with Crippen LogP contribution in [-0.2, 0) is 0 Å². The van der Waals surface area contributed by atoms with Crippen molar-refractivity contribution in [2.24, 2.45) is 0 Å². The number of nitrogens with one attached hydrogen (secondary N) is 2. The Bertz CT molecular complexity index is 91.6. The molecule has 2 atom stereocenters. The maximum absolute atomic E-state index is 3.54. The van der Waals surface area contributed by atoms with Gasteiger partial charge in [-0.1, -0.05) is 13.3 Å². The first-order valence-corrected chi connectivity index (χ1v) is 5.44. The van der Waals surface area contributed by atoms with Gasteiger partial charge in [-0.3, -0.25) is 0 Å². The van der Waals surface area contributed by atoms with E-state index in [1.165, 1.54) is 23.2 Å². The third kappa shape index (κ3) is 2.07. The third-order valence-corrected chi connectivity index (χ3v) is 4.02. The van der Waals surface area contributed by atoms with E-state index in [2.05, 4.69) is 17.6 Å². The highest BCUT2D eigenvalue weighted by Gasteiger charge is 2.16. The van der Waals surface area contributed by atoms with Gasteiger partial charge in [0.15, 0.2) is 0 Å². The maximum atomic E-state index is 3.54. The number of hydrogen-bond acceptors (Lipinski definition) is 2. The minimum absolute atomic E-state index is 0.769. The first kappa shape index (κ1) is 8.24. The largest absolute Gasteiger partial charge is 0.314 e. The van der Waals surface area contributed by atoms with E-state index in [-0.39, 0.29) is 0 Å². The molecule has 1 aliphatic rings. The van der Waals surface area contributed by atoms with E-state index < -0.39 is 0 Å². The molecule has 0 spiro atoms. The number of rotatable bonds is 2. The summed E-state index contributed by atoms with van der Waals surface area (Å²) in [7, 11) is 1.33. The van der Waals surface area contributed by atoms with E-state index in [1.54, 1.807) is 0 Å². The van der Waals surface area contributed by atoms with Gasteiger partial charge in [-0.05, 0) is 5.54 Å². The predicted octanol–water partition coefficient (Wildman–Crippen LogP) is -0.888. The fourth-order valence-electron chi connectivity index (χ4n) is 1.36. The van der Waals surface area contributed by atoms with Crippen LogP contribution in [0.3, 0.4) is 0 Å². The number of hydrogen-bond donors (Lipinski definition) is 2. The van der Waals surface area contributed by atoms with Crippen molar-refractivity contribution in [2.45, 2.75) is 24.9 Å². The summed E-state index contributed by atoms with van der Waals surface area (Å²) in [6.07, 6.45) is 1.34. The van der Waals surface area contributed by atoms with Crippen molar-refractivity contribution in [2.75, 3.05) is 19.6 Å². The van der Waals surface area contributed by atoms with Crippen LogP contribution in [0.15, 0.2) is 0 Å². The predicted molar refractivity (Wildman–Crippen MR) is 48.6 cm³/mol. The van der Waals surface area contributed by atoms with Crippen LogP contribution in [0.2, 0.25) is 5.54 Å². The lowest BCUT2D eigenvalue weighted by molar-refractivity contribution is 0.397. The first-order chi connectivity index (χ1) is 4.84. The zero-order chi connectivity index (χ0) is 7.40. The summed E-state index contributed by atoms with van der Waals surface area (Å²) in [4.78, 5) is 0. The Labute approximate surface area is 66.2 Å². The molecule has 1 fully saturated rings. The molecule has 1 saturated heterocycles. The van der Waals surface area contributed by atoms with Crippen LogP contribution in [0, 0.1) is 0 Å². The summed E-state index contributed by atoms with van der Waals surface area (Å²) in [5.41, 5.74) is 0.952. The Morgan fingerprint density at radius 3 is 2.90 bits per heavy atom. The lowest BCUT2D eigenvalue weighted by Crippen LogP contribution is -2.50. The molecule has 1 rings (SSSR count). The molecular weight excluding hydrogens is 140 g/mol. The van der Waals surface area contributed by atoms with Gasteiger partial charge >= 0.3 is 0 Å². The number of piperazine rings is 1. The highest BCUT2D eigenvalue weighted by molar-refractivity contribution is 6.12. The fourth-order valence-corrected chi connectivity index (χ4v) is 1.83. The Hall–Kier alpha value is 0.137. The molecule has 10 heavy (non-hydrogen) atoms. The molecular formula is C7H18N2Si. The van der Waals surface area contributed by atoms with Crippen LogP contribution in [0.5, 0.6) is 0 Å². The molecule has 1 aliphatic heterocycles. The van der Waals surface area contributed by atoms with Crippen molar-refractivity contribution < 1.29 is 0 Å². The van der Waals surface area contributed by atoms with E-state index in [9.17, 15) is 0 Å². The normalized spacial score (nSPS) is 30.3. The van der Waals surface area contributed by atoms with Crippen LogP contribution in [0.25, 0.3) is 0 Å². The Morgan fingerprint density at radius 2 is 2.40 bits per heavy atom.